The maximum absolute atomic E-state index is 10.3. The molecule has 0 aromatic carbocycles. The summed E-state index contributed by atoms with van der Waals surface area (Å²) in [5.41, 5.74) is 0.208. The van der Waals surface area contributed by atoms with E-state index in [2.05, 4.69) is 0 Å². The van der Waals surface area contributed by atoms with E-state index in [1.165, 1.54) is 13.8 Å². The number of ketones is 1. The van der Waals surface area contributed by atoms with E-state index in [-0.39, 0.29) is 11.5 Å². The number of alkyl halides is 1. The van der Waals surface area contributed by atoms with E-state index >= 15 is 0 Å². The molecule has 1 atom stereocenters. The summed E-state index contributed by atoms with van der Waals surface area (Å²) in [6.07, 6.45) is 0. The second kappa shape index (κ2) is 2.82. The Balaban J connectivity index is 3.83. The zero-order valence-electron chi connectivity index (χ0n) is 4.86. The van der Waals surface area contributed by atoms with E-state index in [1.54, 1.807) is 0 Å². The molecule has 2 nitrogen and oxygen atoms in total. The Morgan fingerprint density at radius 1 is 1.62 bits per heavy atom. The molecule has 0 aliphatic rings. The van der Waals surface area contributed by atoms with Gasteiger partial charge in [-0.05, 0) is 13.8 Å². The lowest BCUT2D eigenvalue weighted by molar-refractivity contribution is -0.115. The van der Waals surface area contributed by atoms with E-state index in [1.807, 2.05) is 0 Å². The lowest BCUT2D eigenvalue weighted by atomic mass is 10.2. The number of carbonyl (C=O) groups is 1. The Morgan fingerprint density at radius 2 is 2.00 bits per heavy atom. The molecular formula is C5H8ClNO. The molecule has 0 rings (SSSR count). The molecule has 8 heavy (non-hydrogen) atoms. The maximum Gasteiger partial charge on any atom is 0.153 e. The van der Waals surface area contributed by atoms with E-state index < -0.39 is 5.38 Å². The van der Waals surface area contributed by atoms with E-state index in [4.69, 9.17) is 17.0 Å². The van der Waals surface area contributed by atoms with Crippen molar-refractivity contribution in [3.8, 4) is 0 Å². The van der Waals surface area contributed by atoms with Crippen LogP contribution in [0.15, 0.2) is 0 Å². The molecule has 0 fully saturated rings. The largest absolute Gasteiger partial charge is 0.308 e. The van der Waals surface area contributed by atoms with Crippen molar-refractivity contribution in [2.24, 2.45) is 0 Å². The van der Waals surface area contributed by atoms with Gasteiger partial charge in [0.2, 0.25) is 0 Å². The highest BCUT2D eigenvalue weighted by molar-refractivity contribution is 6.41. The zero-order chi connectivity index (χ0) is 6.73. The van der Waals surface area contributed by atoms with Crippen molar-refractivity contribution in [1.82, 2.24) is 0 Å². The lowest BCUT2D eigenvalue weighted by Gasteiger charge is -1.98. The van der Waals surface area contributed by atoms with Gasteiger partial charge < -0.3 is 5.41 Å². The maximum atomic E-state index is 10.3. The number of halogens is 1. The van der Waals surface area contributed by atoms with Crippen molar-refractivity contribution >= 4 is 23.1 Å². The fourth-order valence-electron chi connectivity index (χ4n) is 0.305. The summed E-state index contributed by atoms with van der Waals surface area (Å²) in [4.78, 5) is 10.3. The Hall–Kier alpha value is -0.370. The summed E-state index contributed by atoms with van der Waals surface area (Å²) in [7, 11) is 0. The summed E-state index contributed by atoms with van der Waals surface area (Å²) in [6.45, 7) is 2.88. The van der Waals surface area contributed by atoms with Crippen LogP contribution in [0.3, 0.4) is 0 Å². The second-order valence-electron chi connectivity index (χ2n) is 1.66. The third-order valence-corrected chi connectivity index (χ3v) is 1.37. The second-order valence-corrected chi connectivity index (χ2v) is 2.09. The summed E-state index contributed by atoms with van der Waals surface area (Å²) in [5.74, 6) is -0.167. The van der Waals surface area contributed by atoms with Crippen LogP contribution >= 0.6 is 11.6 Å². The van der Waals surface area contributed by atoms with Gasteiger partial charge in [-0.2, -0.15) is 0 Å². The van der Waals surface area contributed by atoms with Gasteiger partial charge in [0.1, 0.15) is 5.38 Å². The first-order chi connectivity index (χ1) is 3.55. The molecule has 1 N–H and O–H groups in total. The van der Waals surface area contributed by atoms with Crippen molar-refractivity contribution in [3.63, 3.8) is 0 Å². The summed E-state index contributed by atoms with van der Waals surface area (Å²) in [6, 6.07) is 0. The van der Waals surface area contributed by atoms with Gasteiger partial charge in [-0.25, -0.2) is 0 Å². The van der Waals surface area contributed by atoms with Gasteiger partial charge >= 0.3 is 0 Å². The summed E-state index contributed by atoms with van der Waals surface area (Å²) >= 11 is 5.38. The van der Waals surface area contributed by atoms with Gasteiger partial charge in [0.05, 0.1) is 0 Å². The monoisotopic (exact) mass is 133 g/mol. The first-order valence-electron chi connectivity index (χ1n) is 2.25. The normalized spacial score (nSPS) is 12.9. The minimum Gasteiger partial charge on any atom is -0.308 e. The zero-order valence-corrected chi connectivity index (χ0v) is 5.62. The van der Waals surface area contributed by atoms with Crippen molar-refractivity contribution in [1.29, 1.82) is 5.41 Å². The molecule has 0 saturated carbocycles. The third-order valence-electron chi connectivity index (χ3n) is 0.737. The number of hydrogen-bond donors (Lipinski definition) is 1. The fraction of sp³-hybridized carbons (Fsp3) is 0.600. The molecule has 0 aromatic rings. The minimum absolute atomic E-state index is 0.167. The lowest BCUT2D eigenvalue weighted by Crippen LogP contribution is -2.18. The Labute approximate surface area is 53.3 Å². The number of nitrogens with one attached hydrogen (secondary N) is 1. The molecule has 0 heterocycles. The molecule has 0 saturated heterocycles. The highest BCUT2D eigenvalue weighted by atomic mass is 35.5. The van der Waals surface area contributed by atoms with Crippen LogP contribution in [0.25, 0.3) is 0 Å². The van der Waals surface area contributed by atoms with Gasteiger partial charge in [-0.3, -0.25) is 4.79 Å². The first kappa shape index (κ1) is 7.63. The fourth-order valence-corrected chi connectivity index (χ4v) is 0.305. The average molecular weight is 134 g/mol. The number of Topliss-reactive ketones (excluding diaryl/α,β-unsaturated/α-hetero) is 1. The van der Waals surface area contributed by atoms with Crippen molar-refractivity contribution < 1.29 is 4.79 Å². The topological polar surface area (TPSA) is 40.9 Å². The van der Waals surface area contributed by atoms with Gasteiger partial charge in [-0.15, -0.1) is 11.6 Å². The molecule has 1 unspecified atom stereocenters. The first-order valence-corrected chi connectivity index (χ1v) is 2.69. The average Bonchev–Trinajstić information content (AvgIpc) is 1.64. The van der Waals surface area contributed by atoms with Gasteiger partial charge in [0.25, 0.3) is 0 Å². The van der Waals surface area contributed by atoms with Crippen LogP contribution in [0.4, 0.5) is 0 Å². The minimum atomic E-state index is -0.713. The SMILES string of the molecule is CC(=N)C(Cl)C(C)=O. The van der Waals surface area contributed by atoms with Crippen molar-refractivity contribution in [2.75, 3.05) is 0 Å². The molecule has 46 valence electrons. The molecule has 0 amide bonds. The van der Waals surface area contributed by atoms with Crippen LogP contribution in [-0.4, -0.2) is 16.9 Å². The Bertz CT molecular complexity index is 108. The van der Waals surface area contributed by atoms with Crippen molar-refractivity contribution in [2.45, 2.75) is 19.2 Å². The smallest absolute Gasteiger partial charge is 0.153 e. The molecular weight excluding hydrogens is 126 g/mol. The van der Waals surface area contributed by atoms with Crippen molar-refractivity contribution in [3.05, 3.63) is 0 Å². The Kier molecular flexibility index (Phi) is 2.69. The highest BCUT2D eigenvalue weighted by Crippen LogP contribution is 1.97. The molecule has 0 spiro atoms. The van der Waals surface area contributed by atoms with Crippen LogP contribution in [0.5, 0.6) is 0 Å². The number of hydrogen-bond acceptors (Lipinski definition) is 2. The van der Waals surface area contributed by atoms with E-state index in [9.17, 15) is 4.79 Å². The van der Waals surface area contributed by atoms with E-state index in [0.29, 0.717) is 0 Å². The molecule has 3 heteroatoms. The van der Waals surface area contributed by atoms with E-state index in [0.717, 1.165) is 0 Å². The number of carbonyl (C=O) groups excluding carboxylic acids is 1. The standard InChI is InChI=1S/C5H8ClNO/c1-3(7)5(6)4(2)8/h5,7H,1-2H3. The number of rotatable bonds is 2. The van der Waals surface area contributed by atoms with Crippen LogP contribution in [0.2, 0.25) is 0 Å². The highest BCUT2D eigenvalue weighted by Gasteiger charge is 2.10. The molecule has 0 aliphatic carbocycles. The van der Waals surface area contributed by atoms with Crippen LogP contribution in [0, 0.1) is 5.41 Å². The molecule has 0 bridgehead atoms. The van der Waals surface area contributed by atoms with Gasteiger partial charge in [0, 0.05) is 5.71 Å². The summed E-state index contributed by atoms with van der Waals surface area (Å²) < 4.78 is 0. The molecule has 0 radical (unpaired) electrons. The molecule has 0 aliphatic heterocycles. The predicted molar refractivity (Wildman–Crippen MR) is 33.7 cm³/mol. The third kappa shape index (κ3) is 2.07. The van der Waals surface area contributed by atoms with Crippen LogP contribution in [0.1, 0.15) is 13.8 Å². The van der Waals surface area contributed by atoms with Crippen LogP contribution in [-0.2, 0) is 4.79 Å². The van der Waals surface area contributed by atoms with Gasteiger partial charge in [-0.1, -0.05) is 0 Å². The quantitative estimate of drug-likeness (QED) is 0.447. The summed E-state index contributed by atoms with van der Waals surface area (Å²) in [5, 5.41) is 6.16. The Morgan fingerprint density at radius 3 is 2.00 bits per heavy atom. The molecule has 0 aromatic heterocycles. The van der Waals surface area contributed by atoms with Crippen LogP contribution < -0.4 is 0 Å². The van der Waals surface area contributed by atoms with Gasteiger partial charge in [0.15, 0.2) is 5.78 Å². The predicted octanol–water partition coefficient (Wildman–Crippen LogP) is 1.22.